The van der Waals surface area contributed by atoms with Crippen molar-refractivity contribution in [3.8, 4) is 0 Å². The van der Waals surface area contributed by atoms with E-state index in [1.165, 1.54) is 17.4 Å². The lowest BCUT2D eigenvalue weighted by atomic mass is 9.99. The van der Waals surface area contributed by atoms with Crippen LogP contribution in [0.2, 0.25) is 0 Å². The predicted octanol–water partition coefficient (Wildman–Crippen LogP) is 4.42. The molecule has 2 amide bonds. The lowest BCUT2D eigenvalue weighted by Gasteiger charge is -2.38. The number of rotatable bonds is 6. The normalized spacial score (nSPS) is 15.7. The fourth-order valence-corrected chi connectivity index (χ4v) is 4.84. The molecule has 4 rings (SSSR count). The van der Waals surface area contributed by atoms with Crippen molar-refractivity contribution in [2.24, 2.45) is 5.92 Å². The fraction of sp³-hybridized carbons (Fsp3) is 0.333. The van der Waals surface area contributed by atoms with Gasteiger partial charge in [-0.15, -0.1) is 11.3 Å². The van der Waals surface area contributed by atoms with Gasteiger partial charge < -0.3 is 14.4 Å². The van der Waals surface area contributed by atoms with E-state index in [0.717, 1.165) is 5.69 Å². The zero-order valence-corrected chi connectivity index (χ0v) is 18.5. The molecule has 0 fully saturated rings. The summed E-state index contributed by atoms with van der Waals surface area (Å²) in [6.07, 6.45) is 1.95. The number of amides is 2. The summed E-state index contributed by atoms with van der Waals surface area (Å²) in [5.41, 5.74) is 1.35. The van der Waals surface area contributed by atoms with Crippen LogP contribution in [-0.4, -0.2) is 45.8 Å². The van der Waals surface area contributed by atoms with E-state index in [1.54, 1.807) is 34.1 Å². The van der Waals surface area contributed by atoms with E-state index in [-0.39, 0.29) is 30.1 Å². The third-order valence-electron chi connectivity index (χ3n) is 5.49. The molecule has 5 nitrogen and oxygen atoms in total. The van der Waals surface area contributed by atoms with Gasteiger partial charge in [0.15, 0.2) is 0 Å². The van der Waals surface area contributed by atoms with Gasteiger partial charge in [-0.1, -0.05) is 38.1 Å². The van der Waals surface area contributed by atoms with Gasteiger partial charge in [0.25, 0.3) is 5.91 Å². The lowest BCUT2D eigenvalue weighted by Crippen LogP contribution is -2.48. The van der Waals surface area contributed by atoms with E-state index in [9.17, 15) is 14.0 Å². The van der Waals surface area contributed by atoms with Crippen LogP contribution in [-0.2, 0) is 11.3 Å². The summed E-state index contributed by atoms with van der Waals surface area (Å²) in [6.45, 7) is 5.60. The van der Waals surface area contributed by atoms with E-state index in [0.29, 0.717) is 30.1 Å². The maximum atomic E-state index is 14.7. The van der Waals surface area contributed by atoms with Crippen LogP contribution in [0.5, 0.6) is 0 Å². The quantitative estimate of drug-likeness (QED) is 0.571. The lowest BCUT2D eigenvalue weighted by molar-refractivity contribution is -0.134. The number of hydrogen-bond acceptors (Lipinski definition) is 3. The molecule has 0 radical (unpaired) electrons. The molecule has 7 heteroatoms. The topological polar surface area (TPSA) is 45.6 Å². The second kappa shape index (κ2) is 9.06. The second-order valence-corrected chi connectivity index (χ2v) is 9.14. The largest absolute Gasteiger partial charge is 0.348 e. The number of thiophene rings is 1. The minimum atomic E-state index is -0.518. The number of benzene rings is 1. The summed E-state index contributed by atoms with van der Waals surface area (Å²) in [4.78, 5) is 30.5. The van der Waals surface area contributed by atoms with Crippen LogP contribution in [0.4, 0.5) is 4.39 Å². The Bertz CT molecular complexity index is 1060. The molecule has 0 N–H and O–H groups in total. The van der Waals surface area contributed by atoms with E-state index in [1.807, 2.05) is 43.6 Å². The summed E-state index contributed by atoms with van der Waals surface area (Å²) in [5, 5.41) is 1.86. The number of halogens is 1. The van der Waals surface area contributed by atoms with E-state index in [2.05, 4.69) is 4.57 Å². The first-order valence-electron chi connectivity index (χ1n) is 10.5. The van der Waals surface area contributed by atoms with Gasteiger partial charge in [-0.05, 0) is 35.6 Å². The van der Waals surface area contributed by atoms with E-state index < -0.39 is 6.04 Å². The molecule has 0 spiro atoms. The number of fused-ring (bicyclic) bond motifs is 1. The van der Waals surface area contributed by atoms with Gasteiger partial charge >= 0.3 is 0 Å². The molecule has 1 aliphatic heterocycles. The Morgan fingerprint density at radius 3 is 2.65 bits per heavy atom. The van der Waals surface area contributed by atoms with Crippen molar-refractivity contribution in [3.63, 3.8) is 0 Å². The zero-order chi connectivity index (χ0) is 22.0. The molecule has 1 aliphatic rings. The van der Waals surface area contributed by atoms with Gasteiger partial charge in [0, 0.05) is 37.1 Å². The van der Waals surface area contributed by atoms with Crippen molar-refractivity contribution in [2.45, 2.75) is 26.4 Å². The summed E-state index contributed by atoms with van der Waals surface area (Å²) >= 11 is 1.37. The summed E-state index contributed by atoms with van der Waals surface area (Å²) in [7, 11) is 0. The van der Waals surface area contributed by atoms with E-state index >= 15 is 0 Å². The van der Waals surface area contributed by atoms with Crippen LogP contribution in [0.15, 0.2) is 60.1 Å². The van der Waals surface area contributed by atoms with Gasteiger partial charge in [-0.3, -0.25) is 9.59 Å². The van der Waals surface area contributed by atoms with Crippen molar-refractivity contribution in [3.05, 3.63) is 82.1 Å². The van der Waals surface area contributed by atoms with Crippen molar-refractivity contribution < 1.29 is 14.0 Å². The van der Waals surface area contributed by atoms with Crippen LogP contribution in [0.3, 0.4) is 0 Å². The second-order valence-electron chi connectivity index (χ2n) is 8.19. The number of carbonyl (C=O) groups excluding carboxylic acids is 2. The predicted molar refractivity (Wildman–Crippen MR) is 119 cm³/mol. The Hall–Kier alpha value is -2.93. The first-order valence-corrected chi connectivity index (χ1v) is 11.4. The van der Waals surface area contributed by atoms with Crippen LogP contribution in [0.25, 0.3) is 0 Å². The fourth-order valence-electron chi connectivity index (χ4n) is 4.15. The Morgan fingerprint density at radius 2 is 1.94 bits per heavy atom. The molecule has 0 saturated carbocycles. The van der Waals surface area contributed by atoms with Gasteiger partial charge in [-0.25, -0.2) is 4.39 Å². The first kappa shape index (κ1) is 21.3. The number of aromatic nitrogens is 1. The van der Waals surface area contributed by atoms with Crippen molar-refractivity contribution in [1.29, 1.82) is 0 Å². The minimum absolute atomic E-state index is 0.0272. The van der Waals surface area contributed by atoms with Gasteiger partial charge in [0.1, 0.15) is 18.4 Å². The monoisotopic (exact) mass is 439 g/mol. The average Bonchev–Trinajstić information content (AvgIpc) is 3.44. The average molecular weight is 440 g/mol. The standard InChI is InChI=1S/C24H26FN3O2S/c1-17(2)15-27(24(30)21-10-6-14-31-21)16-22(29)28-13-12-26-11-5-9-20(26)23(28)18-7-3-4-8-19(18)25/h3-11,14,17,23H,12-13,15-16H2,1-2H3. The number of nitrogens with zero attached hydrogens (tertiary/aromatic N) is 3. The molecule has 1 aromatic carbocycles. The van der Waals surface area contributed by atoms with Crippen molar-refractivity contribution >= 4 is 23.2 Å². The van der Waals surface area contributed by atoms with Crippen molar-refractivity contribution in [1.82, 2.24) is 14.4 Å². The Morgan fingerprint density at radius 1 is 1.13 bits per heavy atom. The summed E-state index contributed by atoms with van der Waals surface area (Å²) in [6, 6.07) is 13.5. The van der Waals surface area contributed by atoms with Gasteiger partial charge in [-0.2, -0.15) is 0 Å². The summed E-state index contributed by atoms with van der Waals surface area (Å²) in [5.74, 6) is -0.433. The molecular weight excluding hydrogens is 413 g/mol. The third-order valence-corrected chi connectivity index (χ3v) is 6.35. The number of hydrogen-bond donors (Lipinski definition) is 0. The molecule has 1 atom stereocenters. The maximum absolute atomic E-state index is 14.7. The molecule has 3 aromatic rings. The van der Waals surface area contributed by atoms with Crippen LogP contribution < -0.4 is 0 Å². The van der Waals surface area contributed by atoms with E-state index in [4.69, 9.17) is 0 Å². The maximum Gasteiger partial charge on any atom is 0.264 e. The first-order chi connectivity index (χ1) is 15.0. The minimum Gasteiger partial charge on any atom is -0.348 e. The molecule has 3 heterocycles. The van der Waals surface area contributed by atoms with Crippen LogP contribution >= 0.6 is 11.3 Å². The summed E-state index contributed by atoms with van der Waals surface area (Å²) < 4.78 is 16.8. The van der Waals surface area contributed by atoms with Crippen LogP contribution in [0, 0.1) is 11.7 Å². The van der Waals surface area contributed by atoms with Crippen molar-refractivity contribution in [2.75, 3.05) is 19.6 Å². The Balaban J connectivity index is 1.64. The molecule has 1 unspecified atom stereocenters. The molecule has 0 aliphatic carbocycles. The smallest absolute Gasteiger partial charge is 0.264 e. The molecule has 31 heavy (non-hydrogen) atoms. The highest BCUT2D eigenvalue weighted by Crippen LogP contribution is 2.34. The Labute approximate surface area is 185 Å². The molecule has 2 aromatic heterocycles. The zero-order valence-electron chi connectivity index (χ0n) is 17.7. The highest BCUT2D eigenvalue weighted by molar-refractivity contribution is 7.12. The SMILES string of the molecule is CC(C)CN(CC(=O)N1CCn2cccc2C1c1ccccc1F)C(=O)c1cccs1. The third kappa shape index (κ3) is 4.42. The van der Waals surface area contributed by atoms with Gasteiger partial charge in [0.2, 0.25) is 5.91 Å². The Kier molecular flexibility index (Phi) is 6.23. The molecule has 162 valence electrons. The molecule has 0 bridgehead atoms. The number of carbonyl (C=O) groups is 2. The molecule has 0 saturated heterocycles. The van der Waals surface area contributed by atoms with Crippen LogP contribution in [0.1, 0.15) is 40.8 Å². The van der Waals surface area contributed by atoms with Gasteiger partial charge in [0.05, 0.1) is 4.88 Å². The highest BCUT2D eigenvalue weighted by atomic mass is 32.1. The highest BCUT2D eigenvalue weighted by Gasteiger charge is 2.35. The molecular formula is C24H26FN3O2S.